The van der Waals surface area contributed by atoms with E-state index in [0.717, 1.165) is 23.7 Å². The van der Waals surface area contributed by atoms with E-state index in [9.17, 15) is 4.79 Å². The number of nitrogens with zero attached hydrogens (tertiary/aromatic N) is 1. The Morgan fingerprint density at radius 1 is 1.25 bits per heavy atom. The molecule has 4 aliphatic carbocycles. The van der Waals surface area contributed by atoms with Crippen molar-refractivity contribution in [3.05, 3.63) is 16.4 Å². The monoisotopic (exact) mass is 291 g/mol. The molecule has 4 aliphatic rings. The van der Waals surface area contributed by atoms with E-state index < -0.39 is 0 Å². The second-order valence-corrected chi connectivity index (χ2v) is 7.75. The molecular weight excluding hydrogens is 270 g/mol. The molecule has 0 spiro atoms. The molecule has 0 aromatic carbocycles. The number of amides is 1. The van der Waals surface area contributed by atoms with E-state index in [2.05, 4.69) is 5.32 Å². The Labute approximate surface area is 122 Å². The average Bonchev–Trinajstić information content (AvgIpc) is 2.79. The zero-order valence-electron chi connectivity index (χ0n) is 11.5. The highest BCUT2D eigenvalue weighted by atomic mass is 32.1. The Morgan fingerprint density at radius 2 is 1.90 bits per heavy atom. The molecule has 1 aromatic heterocycles. The van der Waals surface area contributed by atoms with Gasteiger partial charge in [-0.15, -0.1) is 11.3 Å². The lowest BCUT2D eigenvalue weighted by molar-refractivity contribution is -0.125. The fourth-order valence-corrected chi connectivity index (χ4v) is 5.57. The van der Waals surface area contributed by atoms with E-state index in [1.807, 2.05) is 11.6 Å². The van der Waals surface area contributed by atoms with Crippen molar-refractivity contribution in [1.82, 2.24) is 9.88 Å². The maximum absolute atomic E-state index is 12.2. The van der Waals surface area contributed by atoms with Gasteiger partial charge in [0.05, 0.1) is 0 Å². The molecule has 4 saturated carbocycles. The van der Waals surface area contributed by atoms with Gasteiger partial charge < -0.3 is 9.88 Å². The smallest absolute Gasteiger partial charge is 0.240 e. The standard InChI is InChI=1S/C15H21N3OS/c16-15-18(1-2-20-15)8-13(19)17-14-11-4-9-3-10(6-11)7-12(14)5-9/h1-2,9-12,14,16H,3-8H2,(H,17,19). The maximum atomic E-state index is 12.2. The van der Waals surface area contributed by atoms with Crippen molar-refractivity contribution < 1.29 is 4.79 Å². The van der Waals surface area contributed by atoms with Gasteiger partial charge in [-0.1, -0.05) is 0 Å². The van der Waals surface area contributed by atoms with Gasteiger partial charge in [0.15, 0.2) is 4.80 Å². The third-order valence-electron chi connectivity index (χ3n) is 5.55. The summed E-state index contributed by atoms with van der Waals surface area (Å²) in [7, 11) is 0. The van der Waals surface area contributed by atoms with Crippen LogP contribution in [0, 0.1) is 29.1 Å². The van der Waals surface area contributed by atoms with Crippen LogP contribution in [0.3, 0.4) is 0 Å². The predicted octanol–water partition coefficient (Wildman–Crippen LogP) is 1.97. The van der Waals surface area contributed by atoms with Gasteiger partial charge in [-0.25, -0.2) is 0 Å². The summed E-state index contributed by atoms with van der Waals surface area (Å²) in [5.74, 6) is 3.41. The van der Waals surface area contributed by atoms with Crippen LogP contribution in [0.4, 0.5) is 0 Å². The Kier molecular flexibility index (Phi) is 2.98. The summed E-state index contributed by atoms with van der Waals surface area (Å²) in [5, 5.41) is 12.9. The number of thiazole rings is 1. The first-order valence-corrected chi connectivity index (χ1v) is 8.55. The maximum Gasteiger partial charge on any atom is 0.240 e. The van der Waals surface area contributed by atoms with Gasteiger partial charge in [-0.3, -0.25) is 10.2 Å². The molecule has 4 bridgehead atoms. The first-order chi connectivity index (χ1) is 9.69. The molecule has 0 atom stereocenters. The summed E-state index contributed by atoms with van der Waals surface area (Å²) in [6.07, 6.45) is 8.57. The van der Waals surface area contributed by atoms with Crippen LogP contribution in [0.15, 0.2) is 11.6 Å². The minimum Gasteiger partial charge on any atom is -0.351 e. The minimum absolute atomic E-state index is 0.0828. The van der Waals surface area contributed by atoms with Crippen molar-refractivity contribution in [2.75, 3.05) is 0 Å². The normalized spacial score (nSPS) is 38.1. The Balaban J connectivity index is 1.43. The van der Waals surface area contributed by atoms with Gasteiger partial charge in [0.25, 0.3) is 0 Å². The summed E-state index contributed by atoms with van der Waals surface area (Å²) < 4.78 is 1.72. The van der Waals surface area contributed by atoms with Crippen LogP contribution >= 0.6 is 11.3 Å². The molecule has 4 nitrogen and oxygen atoms in total. The van der Waals surface area contributed by atoms with Crippen molar-refractivity contribution in [2.24, 2.45) is 23.7 Å². The highest BCUT2D eigenvalue weighted by molar-refractivity contribution is 7.06. The molecule has 2 N–H and O–H groups in total. The van der Waals surface area contributed by atoms with Crippen LogP contribution < -0.4 is 10.1 Å². The van der Waals surface area contributed by atoms with Crippen molar-refractivity contribution in [3.8, 4) is 0 Å². The number of hydrogen-bond donors (Lipinski definition) is 2. The number of hydrogen-bond acceptors (Lipinski definition) is 3. The molecule has 0 unspecified atom stereocenters. The fraction of sp³-hybridized carbons (Fsp3) is 0.733. The molecule has 0 aliphatic heterocycles. The average molecular weight is 291 g/mol. The molecule has 0 saturated heterocycles. The zero-order valence-corrected chi connectivity index (χ0v) is 12.4. The highest BCUT2D eigenvalue weighted by Crippen LogP contribution is 2.53. The fourth-order valence-electron chi connectivity index (χ4n) is 4.98. The number of carbonyl (C=O) groups is 1. The van der Waals surface area contributed by atoms with Gasteiger partial charge in [0.1, 0.15) is 6.54 Å². The van der Waals surface area contributed by atoms with Gasteiger partial charge >= 0.3 is 0 Å². The predicted molar refractivity (Wildman–Crippen MR) is 77.1 cm³/mol. The molecule has 5 heteroatoms. The first-order valence-electron chi connectivity index (χ1n) is 7.67. The van der Waals surface area contributed by atoms with Crippen molar-refractivity contribution in [3.63, 3.8) is 0 Å². The van der Waals surface area contributed by atoms with E-state index >= 15 is 0 Å². The molecule has 1 heterocycles. The lowest BCUT2D eigenvalue weighted by atomic mass is 9.54. The minimum atomic E-state index is 0.0828. The van der Waals surface area contributed by atoms with Crippen LogP contribution in [-0.4, -0.2) is 16.5 Å². The van der Waals surface area contributed by atoms with E-state index in [1.54, 1.807) is 4.57 Å². The summed E-state index contributed by atoms with van der Waals surface area (Å²) in [5.41, 5.74) is 0. The molecule has 1 amide bonds. The summed E-state index contributed by atoms with van der Waals surface area (Å²) >= 11 is 1.36. The Morgan fingerprint density at radius 3 is 2.45 bits per heavy atom. The SMILES string of the molecule is N=c1sccn1CC(=O)NC1C2CC3CC(C2)CC1C3. The third kappa shape index (κ3) is 2.12. The van der Waals surface area contributed by atoms with Crippen LogP contribution in [0.2, 0.25) is 0 Å². The molecule has 4 fully saturated rings. The first kappa shape index (κ1) is 12.6. The third-order valence-corrected chi connectivity index (χ3v) is 6.27. The molecule has 108 valence electrons. The summed E-state index contributed by atoms with van der Waals surface area (Å²) in [6, 6.07) is 0.406. The highest BCUT2D eigenvalue weighted by Gasteiger charge is 2.48. The molecule has 5 rings (SSSR count). The Bertz CT molecular complexity index is 548. The number of carbonyl (C=O) groups excluding carboxylic acids is 1. The number of aromatic nitrogens is 1. The van der Waals surface area contributed by atoms with E-state index in [1.165, 1.54) is 43.4 Å². The molecule has 20 heavy (non-hydrogen) atoms. The van der Waals surface area contributed by atoms with Crippen molar-refractivity contribution in [1.29, 1.82) is 5.41 Å². The number of nitrogens with one attached hydrogen (secondary N) is 2. The van der Waals surface area contributed by atoms with Crippen molar-refractivity contribution >= 4 is 17.2 Å². The lowest BCUT2D eigenvalue weighted by Crippen LogP contribution is -2.56. The van der Waals surface area contributed by atoms with Gasteiger partial charge in [-0.05, 0) is 55.8 Å². The Hall–Kier alpha value is -1.10. The molecule has 0 radical (unpaired) electrons. The van der Waals surface area contributed by atoms with Gasteiger partial charge in [0, 0.05) is 17.6 Å². The quantitative estimate of drug-likeness (QED) is 0.879. The second-order valence-electron chi connectivity index (χ2n) is 6.86. The second kappa shape index (κ2) is 4.72. The van der Waals surface area contributed by atoms with Gasteiger partial charge in [-0.2, -0.15) is 0 Å². The topological polar surface area (TPSA) is 57.9 Å². The number of rotatable bonds is 3. The van der Waals surface area contributed by atoms with Crippen LogP contribution in [0.1, 0.15) is 32.1 Å². The molecule has 1 aromatic rings. The van der Waals surface area contributed by atoms with Crippen molar-refractivity contribution in [2.45, 2.75) is 44.7 Å². The van der Waals surface area contributed by atoms with E-state index in [4.69, 9.17) is 5.41 Å². The van der Waals surface area contributed by atoms with Crippen LogP contribution in [0.5, 0.6) is 0 Å². The molecular formula is C15H21N3OS. The van der Waals surface area contributed by atoms with E-state index in [-0.39, 0.29) is 5.91 Å². The van der Waals surface area contributed by atoms with Crippen LogP contribution in [-0.2, 0) is 11.3 Å². The van der Waals surface area contributed by atoms with Crippen LogP contribution in [0.25, 0.3) is 0 Å². The zero-order chi connectivity index (χ0) is 13.7. The largest absolute Gasteiger partial charge is 0.351 e. The summed E-state index contributed by atoms with van der Waals surface area (Å²) in [4.78, 5) is 12.7. The van der Waals surface area contributed by atoms with E-state index in [0.29, 0.717) is 17.4 Å². The lowest BCUT2D eigenvalue weighted by Gasteiger charge is -2.54. The van der Waals surface area contributed by atoms with Gasteiger partial charge in [0.2, 0.25) is 5.91 Å². The summed E-state index contributed by atoms with van der Waals surface area (Å²) in [6.45, 7) is 0.297.